The molecule has 1 atom stereocenters. The van der Waals surface area contributed by atoms with Gasteiger partial charge in [0.2, 0.25) is 5.91 Å². The summed E-state index contributed by atoms with van der Waals surface area (Å²) in [6.07, 6.45) is 0.887. The van der Waals surface area contributed by atoms with Gasteiger partial charge in [0.1, 0.15) is 12.3 Å². The summed E-state index contributed by atoms with van der Waals surface area (Å²) >= 11 is 0. The normalized spacial score (nSPS) is 16.7. The number of benzene rings is 1. The van der Waals surface area contributed by atoms with Crippen molar-refractivity contribution < 1.29 is 14.3 Å². The number of hydrogen-bond donors (Lipinski definition) is 1. The summed E-state index contributed by atoms with van der Waals surface area (Å²) < 4.78 is 5.53. The van der Waals surface area contributed by atoms with E-state index in [-0.39, 0.29) is 18.4 Å². The van der Waals surface area contributed by atoms with E-state index in [2.05, 4.69) is 15.5 Å². The number of nitrogens with one attached hydrogen (secondary N) is 1. The van der Waals surface area contributed by atoms with Gasteiger partial charge in [-0.2, -0.15) is 5.10 Å². The van der Waals surface area contributed by atoms with Crippen LogP contribution in [-0.4, -0.2) is 34.7 Å². The van der Waals surface area contributed by atoms with E-state index in [1.54, 1.807) is 37.3 Å². The third-order valence-electron chi connectivity index (χ3n) is 3.22. The van der Waals surface area contributed by atoms with Crippen LogP contribution in [0.15, 0.2) is 42.6 Å². The van der Waals surface area contributed by atoms with Crippen LogP contribution in [0.5, 0.6) is 5.75 Å². The topological polar surface area (TPSA) is 84.4 Å². The number of amides is 2. The predicted octanol–water partition coefficient (Wildman–Crippen LogP) is 1.23. The highest BCUT2D eigenvalue weighted by Gasteiger charge is 2.32. The molecule has 7 heteroatoms. The summed E-state index contributed by atoms with van der Waals surface area (Å²) in [6, 6.07) is 10.4. The van der Waals surface area contributed by atoms with Crippen molar-refractivity contribution in [3.8, 4) is 5.75 Å². The number of hydrogen-bond acceptors (Lipinski definition) is 5. The summed E-state index contributed by atoms with van der Waals surface area (Å²) in [5, 5.41) is 10.1. The Morgan fingerprint density at radius 1 is 1.32 bits per heavy atom. The minimum absolute atomic E-state index is 0.111. The zero-order chi connectivity index (χ0) is 15.5. The lowest BCUT2D eigenvalue weighted by molar-refractivity contribution is -0.127. The Morgan fingerprint density at radius 2 is 2.14 bits per heavy atom. The molecule has 0 aliphatic carbocycles. The molecule has 7 nitrogen and oxygen atoms in total. The number of carbonyl (C=O) groups is 2. The molecule has 0 saturated heterocycles. The van der Waals surface area contributed by atoms with E-state index >= 15 is 0 Å². The number of aromatic nitrogens is 2. The van der Waals surface area contributed by atoms with E-state index in [4.69, 9.17) is 4.74 Å². The van der Waals surface area contributed by atoms with E-state index in [1.165, 1.54) is 11.1 Å². The molecule has 0 fully saturated rings. The van der Waals surface area contributed by atoms with Crippen molar-refractivity contribution in [1.82, 2.24) is 10.2 Å². The average molecular weight is 298 g/mol. The van der Waals surface area contributed by atoms with Gasteiger partial charge in [0.15, 0.2) is 11.9 Å². The molecule has 2 heterocycles. The fourth-order valence-electron chi connectivity index (χ4n) is 2.22. The highest BCUT2D eigenvalue weighted by atomic mass is 16.5. The third-order valence-corrected chi connectivity index (χ3v) is 3.22. The van der Waals surface area contributed by atoms with Gasteiger partial charge in [0, 0.05) is 6.20 Å². The van der Waals surface area contributed by atoms with Gasteiger partial charge in [-0.3, -0.25) is 14.5 Å². The number of fused-ring (bicyclic) bond motifs is 1. The lowest BCUT2D eigenvalue weighted by atomic mass is 10.2. The molecule has 3 rings (SSSR count). The molecule has 1 aliphatic heterocycles. The van der Waals surface area contributed by atoms with E-state index in [1.807, 2.05) is 6.07 Å². The van der Waals surface area contributed by atoms with Crippen molar-refractivity contribution in [3.63, 3.8) is 0 Å². The summed E-state index contributed by atoms with van der Waals surface area (Å²) in [7, 11) is 0. The fraction of sp³-hybridized carbons (Fsp3) is 0.200. The number of ether oxygens (including phenoxy) is 1. The Bertz CT molecular complexity index is 705. The first-order valence-electron chi connectivity index (χ1n) is 6.80. The van der Waals surface area contributed by atoms with Gasteiger partial charge in [0.05, 0.1) is 5.69 Å². The summed E-state index contributed by atoms with van der Waals surface area (Å²) in [4.78, 5) is 25.8. The maximum absolute atomic E-state index is 12.3. The molecular weight excluding hydrogens is 284 g/mol. The first-order chi connectivity index (χ1) is 10.6. The monoisotopic (exact) mass is 298 g/mol. The molecule has 22 heavy (non-hydrogen) atoms. The van der Waals surface area contributed by atoms with Crippen molar-refractivity contribution in [3.05, 3.63) is 42.6 Å². The van der Waals surface area contributed by atoms with Crippen LogP contribution >= 0.6 is 0 Å². The van der Waals surface area contributed by atoms with Gasteiger partial charge < -0.3 is 10.1 Å². The highest BCUT2D eigenvalue weighted by Crippen LogP contribution is 2.33. The second-order valence-corrected chi connectivity index (χ2v) is 4.81. The molecule has 0 saturated carbocycles. The molecule has 2 aromatic rings. The molecule has 0 radical (unpaired) electrons. The summed E-state index contributed by atoms with van der Waals surface area (Å²) in [5.41, 5.74) is 0.583. The van der Waals surface area contributed by atoms with Gasteiger partial charge in [-0.05, 0) is 31.2 Å². The molecule has 1 aromatic heterocycles. The summed E-state index contributed by atoms with van der Waals surface area (Å²) in [6.45, 7) is 1.55. The van der Waals surface area contributed by atoms with E-state index in [0.29, 0.717) is 17.3 Å². The Kier molecular flexibility index (Phi) is 3.69. The van der Waals surface area contributed by atoms with Gasteiger partial charge >= 0.3 is 0 Å². The molecule has 1 N–H and O–H groups in total. The number of rotatable bonds is 3. The van der Waals surface area contributed by atoms with Gasteiger partial charge in [-0.25, -0.2) is 0 Å². The maximum Gasteiger partial charge on any atom is 0.268 e. The lowest BCUT2D eigenvalue weighted by Crippen LogP contribution is -2.47. The number of anilines is 2. The van der Waals surface area contributed by atoms with Crippen LogP contribution in [-0.2, 0) is 9.59 Å². The molecule has 1 unspecified atom stereocenters. The molecular formula is C15H14N4O3. The Labute approximate surface area is 126 Å². The third kappa shape index (κ3) is 2.73. The minimum atomic E-state index is -0.626. The second-order valence-electron chi connectivity index (χ2n) is 4.81. The first-order valence-corrected chi connectivity index (χ1v) is 6.80. The van der Waals surface area contributed by atoms with Gasteiger partial charge in [-0.1, -0.05) is 12.1 Å². The molecule has 1 aliphatic rings. The van der Waals surface area contributed by atoms with E-state index in [9.17, 15) is 9.59 Å². The van der Waals surface area contributed by atoms with Crippen LogP contribution < -0.4 is 15.0 Å². The minimum Gasteiger partial charge on any atom is -0.479 e. The Morgan fingerprint density at radius 3 is 2.91 bits per heavy atom. The fourth-order valence-corrected chi connectivity index (χ4v) is 2.22. The van der Waals surface area contributed by atoms with Crippen LogP contribution in [0.3, 0.4) is 0 Å². The SMILES string of the molecule is CC1Oc2ccccc2N(CC(=O)Nc2cccnn2)C1=O. The van der Waals surface area contributed by atoms with Crippen LogP contribution in [0.2, 0.25) is 0 Å². The summed E-state index contributed by atoms with van der Waals surface area (Å²) in [5.74, 6) is 0.321. The predicted molar refractivity (Wildman–Crippen MR) is 79.5 cm³/mol. The zero-order valence-electron chi connectivity index (χ0n) is 11.9. The van der Waals surface area contributed by atoms with Crippen LogP contribution in [0.25, 0.3) is 0 Å². The van der Waals surface area contributed by atoms with Crippen LogP contribution in [0.1, 0.15) is 6.92 Å². The van der Waals surface area contributed by atoms with Crippen molar-refractivity contribution >= 4 is 23.3 Å². The van der Waals surface area contributed by atoms with Gasteiger partial charge in [-0.15, -0.1) is 5.10 Å². The van der Waals surface area contributed by atoms with E-state index in [0.717, 1.165) is 0 Å². The zero-order valence-corrected chi connectivity index (χ0v) is 11.9. The molecule has 2 amide bonds. The Hall–Kier alpha value is -2.96. The first kappa shape index (κ1) is 14.0. The Balaban J connectivity index is 1.79. The quantitative estimate of drug-likeness (QED) is 0.921. The number of carbonyl (C=O) groups excluding carboxylic acids is 2. The van der Waals surface area contributed by atoms with Crippen molar-refractivity contribution in [2.75, 3.05) is 16.8 Å². The second kappa shape index (κ2) is 5.80. The number of nitrogens with zero attached hydrogens (tertiary/aromatic N) is 3. The molecule has 112 valence electrons. The number of para-hydroxylation sites is 2. The largest absolute Gasteiger partial charge is 0.479 e. The van der Waals surface area contributed by atoms with Crippen LogP contribution in [0.4, 0.5) is 11.5 Å². The van der Waals surface area contributed by atoms with Crippen LogP contribution in [0, 0.1) is 0 Å². The molecule has 0 bridgehead atoms. The van der Waals surface area contributed by atoms with Crippen molar-refractivity contribution in [1.29, 1.82) is 0 Å². The van der Waals surface area contributed by atoms with Crippen molar-refractivity contribution in [2.24, 2.45) is 0 Å². The lowest BCUT2D eigenvalue weighted by Gasteiger charge is -2.32. The smallest absolute Gasteiger partial charge is 0.268 e. The van der Waals surface area contributed by atoms with E-state index < -0.39 is 6.10 Å². The van der Waals surface area contributed by atoms with Gasteiger partial charge in [0.25, 0.3) is 5.91 Å². The highest BCUT2D eigenvalue weighted by molar-refractivity contribution is 6.05. The molecule has 0 spiro atoms. The molecule has 1 aromatic carbocycles. The standard InChI is InChI=1S/C15H14N4O3/c1-10-15(21)19(11-5-2-3-6-12(11)22-10)9-14(20)17-13-7-4-8-16-18-13/h2-8,10H,9H2,1H3,(H,17,18,20). The maximum atomic E-state index is 12.3. The average Bonchev–Trinajstić information content (AvgIpc) is 2.53. The van der Waals surface area contributed by atoms with Crippen molar-refractivity contribution in [2.45, 2.75) is 13.0 Å².